The highest BCUT2D eigenvalue weighted by molar-refractivity contribution is 7.89. The van der Waals surface area contributed by atoms with Crippen LogP contribution in [0.4, 0.5) is 0 Å². The standard InChI is InChI=1S/C21H23N3O3S2/c25-21(22-13-12-20-23-18-6-2-3-7-19(18)28-20)16-8-10-17(11-9-16)29(26,27)24-14-4-1-5-15-24/h2-3,6-11H,1,4-5,12-15H2,(H,22,25). The number of rotatable bonds is 6. The van der Waals surface area contributed by atoms with Crippen molar-refractivity contribution >= 4 is 37.5 Å². The Morgan fingerprint density at radius 1 is 1.03 bits per heavy atom. The first kappa shape index (κ1) is 20.0. The SMILES string of the molecule is O=C(NCCc1nc2ccccc2s1)c1ccc(S(=O)(=O)N2CCCCC2)cc1. The minimum atomic E-state index is -3.48. The Labute approximate surface area is 174 Å². The number of hydrogen-bond acceptors (Lipinski definition) is 5. The van der Waals surface area contributed by atoms with Gasteiger partial charge in [-0.25, -0.2) is 13.4 Å². The van der Waals surface area contributed by atoms with Crippen molar-refractivity contribution in [2.45, 2.75) is 30.6 Å². The lowest BCUT2D eigenvalue weighted by Crippen LogP contribution is -2.35. The van der Waals surface area contributed by atoms with Gasteiger partial charge in [0, 0.05) is 31.6 Å². The van der Waals surface area contributed by atoms with Gasteiger partial charge in [0.25, 0.3) is 5.91 Å². The fourth-order valence-corrected chi connectivity index (χ4v) is 5.93. The summed E-state index contributed by atoms with van der Waals surface area (Å²) in [5, 5.41) is 3.86. The molecule has 0 radical (unpaired) electrons. The van der Waals surface area contributed by atoms with E-state index in [0.717, 1.165) is 34.5 Å². The van der Waals surface area contributed by atoms with Gasteiger partial charge >= 0.3 is 0 Å². The molecule has 0 saturated carbocycles. The third-order valence-corrected chi connectivity index (χ3v) is 8.04. The number of carbonyl (C=O) groups is 1. The Morgan fingerprint density at radius 2 is 1.76 bits per heavy atom. The van der Waals surface area contributed by atoms with Gasteiger partial charge in [0.2, 0.25) is 10.0 Å². The van der Waals surface area contributed by atoms with Gasteiger partial charge in [0.1, 0.15) is 0 Å². The van der Waals surface area contributed by atoms with Gasteiger partial charge in [-0.05, 0) is 49.2 Å². The number of sulfonamides is 1. The molecule has 2 aromatic carbocycles. The number of thiazole rings is 1. The first-order valence-corrected chi connectivity index (χ1v) is 12.0. The van der Waals surface area contributed by atoms with Crippen LogP contribution in [-0.2, 0) is 16.4 Å². The lowest BCUT2D eigenvalue weighted by Gasteiger charge is -2.25. The molecule has 0 atom stereocenters. The number of para-hydroxylation sites is 1. The number of nitrogens with zero attached hydrogens (tertiary/aromatic N) is 2. The summed E-state index contributed by atoms with van der Waals surface area (Å²) in [4.78, 5) is 17.2. The maximum Gasteiger partial charge on any atom is 0.251 e. The van der Waals surface area contributed by atoms with Crippen molar-refractivity contribution in [2.24, 2.45) is 0 Å². The number of hydrogen-bond donors (Lipinski definition) is 1. The van der Waals surface area contributed by atoms with Crippen molar-refractivity contribution in [2.75, 3.05) is 19.6 Å². The van der Waals surface area contributed by atoms with Gasteiger partial charge in [-0.3, -0.25) is 4.79 Å². The van der Waals surface area contributed by atoms with Crippen LogP contribution in [0, 0.1) is 0 Å². The smallest absolute Gasteiger partial charge is 0.251 e. The summed E-state index contributed by atoms with van der Waals surface area (Å²) in [6, 6.07) is 14.2. The number of nitrogens with one attached hydrogen (secondary N) is 1. The molecule has 152 valence electrons. The third kappa shape index (κ3) is 4.49. The van der Waals surface area contributed by atoms with E-state index in [1.807, 2.05) is 24.3 Å². The molecule has 6 nitrogen and oxygen atoms in total. The molecule has 4 rings (SSSR count). The Hall–Kier alpha value is -2.29. The van der Waals surface area contributed by atoms with Crippen LogP contribution in [0.1, 0.15) is 34.6 Å². The number of piperidine rings is 1. The van der Waals surface area contributed by atoms with Crippen molar-refractivity contribution in [3.8, 4) is 0 Å². The quantitative estimate of drug-likeness (QED) is 0.651. The summed E-state index contributed by atoms with van der Waals surface area (Å²) in [6.07, 6.45) is 3.53. The summed E-state index contributed by atoms with van der Waals surface area (Å²) in [6.45, 7) is 1.61. The maximum absolute atomic E-state index is 12.7. The first-order valence-electron chi connectivity index (χ1n) is 9.77. The van der Waals surface area contributed by atoms with Crippen molar-refractivity contribution in [3.05, 3.63) is 59.1 Å². The molecule has 0 aliphatic carbocycles. The average molecular weight is 430 g/mol. The van der Waals surface area contributed by atoms with E-state index in [1.54, 1.807) is 23.5 Å². The number of fused-ring (bicyclic) bond motifs is 1. The molecular weight excluding hydrogens is 406 g/mol. The Balaban J connectivity index is 1.35. The van der Waals surface area contributed by atoms with E-state index >= 15 is 0 Å². The second-order valence-corrected chi connectivity index (χ2v) is 10.1. The molecule has 0 spiro atoms. The number of carbonyl (C=O) groups excluding carboxylic acids is 1. The second-order valence-electron chi connectivity index (χ2n) is 7.07. The Bertz CT molecular complexity index is 1070. The zero-order chi connectivity index (χ0) is 20.3. The van der Waals surface area contributed by atoms with Crippen molar-refractivity contribution in [1.29, 1.82) is 0 Å². The molecular formula is C21H23N3O3S2. The fraction of sp³-hybridized carbons (Fsp3) is 0.333. The lowest BCUT2D eigenvalue weighted by atomic mass is 10.2. The summed E-state index contributed by atoms with van der Waals surface area (Å²) in [5.41, 5.74) is 1.43. The minimum absolute atomic E-state index is 0.215. The molecule has 1 aliphatic heterocycles. The van der Waals surface area contributed by atoms with Crippen LogP contribution in [0.15, 0.2) is 53.4 Å². The molecule has 1 amide bonds. The van der Waals surface area contributed by atoms with E-state index in [-0.39, 0.29) is 10.8 Å². The second kappa shape index (κ2) is 8.61. The highest BCUT2D eigenvalue weighted by Crippen LogP contribution is 2.22. The molecule has 1 saturated heterocycles. The zero-order valence-corrected chi connectivity index (χ0v) is 17.6. The van der Waals surface area contributed by atoms with Crippen molar-refractivity contribution in [1.82, 2.24) is 14.6 Å². The van der Waals surface area contributed by atoms with Crippen LogP contribution < -0.4 is 5.32 Å². The van der Waals surface area contributed by atoms with Crippen LogP contribution in [0.2, 0.25) is 0 Å². The van der Waals surface area contributed by atoms with Crippen LogP contribution in [-0.4, -0.2) is 43.2 Å². The molecule has 1 aliphatic rings. The zero-order valence-electron chi connectivity index (χ0n) is 16.0. The van der Waals surface area contributed by atoms with Gasteiger partial charge < -0.3 is 5.32 Å². The summed E-state index contributed by atoms with van der Waals surface area (Å²) in [5.74, 6) is -0.215. The van der Waals surface area contributed by atoms with Crippen molar-refractivity contribution < 1.29 is 13.2 Å². The molecule has 1 fully saturated rings. The summed E-state index contributed by atoms with van der Waals surface area (Å²) in [7, 11) is -3.48. The van der Waals surface area contributed by atoms with Gasteiger partial charge in [-0.1, -0.05) is 18.6 Å². The summed E-state index contributed by atoms with van der Waals surface area (Å²) >= 11 is 1.63. The van der Waals surface area contributed by atoms with E-state index in [4.69, 9.17) is 0 Å². The van der Waals surface area contributed by atoms with Gasteiger partial charge in [0.15, 0.2) is 0 Å². The van der Waals surface area contributed by atoms with Crippen LogP contribution in [0.25, 0.3) is 10.2 Å². The average Bonchev–Trinajstić information content (AvgIpc) is 3.17. The molecule has 2 heterocycles. The molecule has 29 heavy (non-hydrogen) atoms. The first-order chi connectivity index (χ1) is 14.0. The number of benzene rings is 2. The van der Waals surface area contributed by atoms with Gasteiger partial charge in [0.05, 0.1) is 20.1 Å². The van der Waals surface area contributed by atoms with E-state index < -0.39 is 10.0 Å². The highest BCUT2D eigenvalue weighted by atomic mass is 32.2. The molecule has 0 bridgehead atoms. The third-order valence-electron chi connectivity index (χ3n) is 5.03. The van der Waals surface area contributed by atoms with E-state index in [1.165, 1.54) is 16.4 Å². The van der Waals surface area contributed by atoms with Gasteiger partial charge in [-0.2, -0.15) is 4.31 Å². The Kier molecular flexibility index (Phi) is 5.94. The van der Waals surface area contributed by atoms with E-state index in [2.05, 4.69) is 10.3 Å². The largest absolute Gasteiger partial charge is 0.352 e. The van der Waals surface area contributed by atoms with Crippen LogP contribution in [0.3, 0.4) is 0 Å². The topological polar surface area (TPSA) is 79.4 Å². The molecule has 8 heteroatoms. The number of aromatic nitrogens is 1. The Morgan fingerprint density at radius 3 is 2.48 bits per heavy atom. The molecule has 1 N–H and O–H groups in total. The number of amides is 1. The monoisotopic (exact) mass is 429 g/mol. The summed E-state index contributed by atoms with van der Waals surface area (Å²) < 4.78 is 28.1. The molecule has 3 aromatic rings. The molecule has 1 aromatic heterocycles. The van der Waals surface area contributed by atoms with Crippen molar-refractivity contribution in [3.63, 3.8) is 0 Å². The highest BCUT2D eigenvalue weighted by Gasteiger charge is 2.25. The predicted octanol–water partition coefficient (Wildman–Crippen LogP) is 3.44. The maximum atomic E-state index is 12.7. The van der Waals surface area contributed by atoms with Gasteiger partial charge in [-0.15, -0.1) is 11.3 Å². The predicted molar refractivity (Wildman–Crippen MR) is 115 cm³/mol. The lowest BCUT2D eigenvalue weighted by molar-refractivity contribution is 0.0954. The fourth-order valence-electron chi connectivity index (χ4n) is 3.44. The van der Waals surface area contributed by atoms with E-state index in [0.29, 0.717) is 31.6 Å². The minimum Gasteiger partial charge on any atom is -0.352 e. The molecule has 0 unspecified atom stereocenters. The van der Waals surface area contributed by atoms with Crippen LogP contribution >= 0.6 is 11.3 Å². The van der Waals surface area contributed by atoms with E-state index in [9.17, 15) is 13.2 Å². The van der Waals surface area contributed by atoms with Crippen LogP contribution in [0.5, 0.6) is 0 Å². The normalized spacial score (nSPS) is 15.4.